The Morgan fingerprint density at radius 1 is 1.50 bits per heavy atom. The lowest BCUT2D eigenvalue weighted by atomic mass is 10.1. The molecular formula is C12H18BrNOS. The fourth-order valence-electron chi connectivity index (χ4n) is 1.41. The molecule has 0 amide bonds. The first kappa shape index (κ1) is 14.0. The maximum Gasteiger partial charge on any atom is 0.0556 e. The zero-order valence-electron chi connectivity index (χ0n) is 9.70. The highest BCUT2D eigenvalue weighted by molar-refractivity contribution is 9.10. The molecule has 1 rings (SSSR count). The predicted octanol–water partition coefficient (Wildman–Crippen LogP) is 3.08. The van der Waals surface area contributed by atoms with Gasteiger partial charge in [-0.15, -0.1) is 11.8 Å². The van der Waals surface area contributed by atoms with Gasteiger partial charge in [0.25, 0.3) is 0 Å². The van der Waals surface area contributed by atoms with E-state index in [9.17, 15) is 0 Å². The highest BCUT2D eigenvalue weighted by atomic mass is 79.9. The van der Waals surface area contributed by atoms with E-state index in [0.717, 1.165) is 23.3 Å². The van der Waals surface area contributed by atoms with Gasteiger partial charge in [-0.05, 0) is 31.0 Å². The Labute approximate surface area is 110 Å². The summed E-state index contributed by atoms with van der Waals surface area (Å²) >= 11 is 5.31. The van der Waals surface area contributed by atoms with Crippen LogP contribution in [0.4, 0.5) is 0 Å². The van der Waals surface area contributed by atoms with Gasteiger partial charge in [-0.3, -0.25) is 0 Å². The number of nitrogens with two attached hydrogens (primary N) is 1. The van der Waals surface area contributed by atoms with Crippen molar-refractivity contribution in [2.24, 2.45) is 5.73 Å². The molecule has 0 fully saturated rings. The highest BCUT2D eigenvalue weighted by Crippen LogP contribution is 2.27. The third-order valence-corrected chi connectivity index (χ3v) is 3.67. The molecule has 0 saturated heterocycles. The molecule has 0 bridgehead atoms. The van der Waals surface area contributed by atoms with Crippen LogP contribution >= 0.6 is 27.7 Å². The molecule has 2 N–H and O–H groups in total. The monoisotopic (exact) mass is 303 g/mol. The van der Waals surface area contributed by atoms with Gasteiger partial charge in [0.05, 0.1) is 6.61 Å². The van der Waals surface area contributed by atoms with Crippen LogP contribution in [-0.2, 0) is 11.2 Å². The van der Waals surface area contributed by atoms with Crippen LogP contribution in [0.3, 0.4) is 0 Å². The fourth-order valence-corrected chi connectivity index (χ4v) is 2.94. The van der Waals surface area contributed by atoms with Crippen molar-refractivity contribution in [1.29, 1.82) is 0 Å². The molecule has 0 heterocycles. The van der Waals surface area contributed by atoms with E-state index < -0.39 is 0 Å². The number of halogens is 1. The number of methoxy groups -OCH3 is 1. The molecule has 0 aliphatic rings. The van der Waals surface area contributed by atoms with Crippen LogP contribution in [-0.4, -0.2) is 25.5 Å². The van der Waals surface area contributed by atoms with Gasteiger partial charge in [0.2, 0.25) is 0 Å². The second-order valence-electron chi connectivity index (χ2n) is 3.77. The van der Waals surface area contributed by atoms with Crippen molar-refractivity contribution < 1.29 is 4.74 Å². The first-order valence-electron chi connectivity index (χ1n) is 5.29. The van der Waals surface area contributed by atoms with Crippen molar-refractivity contribution in [3.63, 3.8) is 0 Å². The number of benzene rings is 1. The quantitative estimate of drug-likeness (QED) is 0.648. The van der Waals surface area contributed by atoms with Crippen LogP contribution in [0.5, 0.6) is 0 Å². The van der Waals surface area contributed by atoms with Crippen molar-refractivity contribution >= 4 is 27.7 Å². The average Bonchev–Trinajstić information content (AvgIpc) is 2.22. The van der Waals surface area contributed by atoms with Crippen LogP contribution in [0.25, 0.3) is 0 Å². The smallest absolute Gasteiger partial charge is 0.0556 e. The minimum atomic E-state index is 0.197. The lowest BCUT2D eigenvalue weighted by Crippen LogP contribution is -2.18. The van der Waals surface area contributed by atoms with Crippen molar-refractivity contribution in [1.82, 2.24) is 0 Å². The molecule has 1 atom stereocenters. The van der Waals surface area contributed by atoms with E-state index in [1.165, 1.54) is 10.5 Å². The SMILES string of the molecule is COCCSc1cc(Br)ccc1CC(C)N. The second-order valence-corrected chi connectivity index (χ2v) is 5.83. The van der Waals surface area contributed by atoms with Crippen LogP contribution < -0.4 is 5.73 Å². The molecule has 90 valence electrons. The molecule has 0 aromatic heterocycles. The Bertz CT molecular complexity index is 331. The molecule has 2 nitrogen and oxygen atoms in total. The van der Waals surface area contributed by atoms with Crippen molar-refractivity contribution in [2.45, 2.75) is 24.3 Å². The third-order valence-electron chi connectivity index (χ3n) is 2.12. The summed E-state index contributed by atoms with van der Waals surface area (Å²) in [4.78, 5) is 1.30. The largest absolute Gasteiger partial charge is 0.384 e. The van der Waals surface area contributed by atoms with Gasteiger partial charge in [0.15, 0.2) is 0 Å². The van der Waals surface area contributed by atoms with Gasteiger partial charge >= 0.3 is 0 Å². The zero-order valence-corrected chi connectivity index (χ0v) is 12.1. The zero-order chi connectivity index (χ0) is 12.0. The summed E-state index contributed by atoms with van der Waals surface area (Å²) in [6.07, 6.45) is 0.919. The summed E-state index contributed by atoms with van der Waals surface area (Å²) in [6, 6.07) is 6.56. The Hall–Kier alpha value is -0.0300. The third kappa shape index (κ3) is 4.87. The molecule has 1 unspecified atom stereocenters. The van der Waals surface area contributed by atoms with Crippen LogP contribution in [0, 0.1) is 0 Å². The molecule has 0 saturated carbocycles. The first-order valence-corrected chi connectivity index (χ1v) is 7.07. The summed E-state index contributed by atoms with van der Waals surface area (Å²) in [5, 5.41) is 0. The minimum Gasteiger partial charge on any atom is -0.384 e. The molecule has 0 radical (unpaired) electrons. The fraction of sp³-hybridized carbons (Fsp3) is 0.500. The highest BCUT2D eigenvalue weighted by Gasteiger charge is 2.06. The normalized spacial score (nSPS) is 12.8. The summed E-state index contributed by atoms with van der Waals surface area (Å²) in [5.74, 6) is 0.971. The molecule has 0 aliphatic carbocycles. The summed E-state index contributed by atoms with van der Waals surface area (Å²) in [6.45, 7) is 2.81. The lowest BCUT2D eigenvalue weighted by Gasteiger charge is -2.11. The minimum absolute atomic E-state index is 0.197. The van der Waals surface area contributed by atoms with E-state index >= 15 is 0 Å². The number of hydrogen-bond acceptors (Lipinski definition) is 3. The molecule has 16 heavy (non-hydrogen) atoms. The van der Waals surface area contributed by atoms with E-state index in [1.54, 1.807) is 7.11 Å². The molecular weight excluding hydrogens is 286 g/mol. The van der Waals surface area contributed by atoms with Gasteiger partial charge in [0, 0.05) is 28.3 Å². The van der Waals surface area contributed by atoms with Gasteiger partial charge < -0.3 is 10.5 Å². The van der Waals surface area contributed by atoms with Crippen molar-refractivity contribution in [3.05, 3.63) is 28.2 Å². The maximum atomic E-state index is 5.84. The summed E-state index contributed by atoms with van der Waals surface area (Å²) in [7, 11) is 1.73. The molecule has 0 aliphatic heterocycles. The number of thioether (sulfide) groups is 1. The number of ether oxygens (including phenoxy) is 1. The molecule has 1 aromatic rings. The maximum absolute atomic E-state index is 5.84. The van der Waals surface area contributed by atoms with Gasteiger partial charge in [-0.1, -0.05) is 22.0 Å². The Kier molecular flexibility index (Phi) is 6.43. The Morgan fingerprint density at radius 3 is 2.88 bits per heavy atom. The van der Waals surface area contributed by atoms with E-state index in [-0.39, 0.29) is 6.04 Å². The van der Waals surface area contributed by atoms with Gasteiger partial charge in [0.1, 0.15) is 0 Å². The van der Waals surface area contributed by atoms with E-state index in [4.69, 9.17) is 10.5 Å². The lowest BCUT2D eigenvalue weighted by molar-refractivity contribution is 0.218. The van der Waals surface area contributed by atoms with Crippen LogP contribution in [0.1, 0.15) is 12.5 Å². The summed E-state index contributed by atoms with van der Waals surface area (Å²) < 4.78 is 6.17. The first-order chi connectivity index (χ1) is 7.63. The van der Waals surface area contributed by atoms with Crippen LogP contribution in [0.15, 0.2) is 27.6 Å². The second kappa shape index (κ2) is 7.33. The predicted molar refractivity (Wildman–Crippen MR) is 74.1 cm³/mol. The van der Waals surface area contributed by atoms with Gasteiger partial charge in [-0.2, -0.15) is 0 Å². The molecule has 0 spiro atoms. The average molecular weight is 304 g/mol. The van der Waals surface area contributed by atoms with E-state index in [1.807, 2.05) is 18.7 Å². The van der Waals surface area contributed by atoms with Crippen molar-refractivity contribution in [3.8, 4) is 0 Å². The van der Waals surface area contributed by atoms with E-state index in [2.05, 4.69) is 34.1 Å². The number of hydrogen-bond donors (Lipinski definition) is 1. The standard InChI is InChI=1S/C12H18BrNOS/c1-9(14)7-10-3-4-11(13)8-12(10)16-6-5-15-2/h3-4,8-9H,5-7,14H2,1-2H3. The Balaban J connectivity index is 2.73. The Morgan fingerprint density at radius 2 is 2.25 bits per heavy atom. The van der Waals surface area contributed by atoms with E-state index in [0.29, 0.717) is 0 Å². The summed E-state index contributed by atoms with van der Waals surface area (Å²) in [5.41, 5.74) is 7.16. The number of rotatable bonds is 6. The van der Waals surface area contributed by atoms with Crippen molar-refractivity contribution in [2.75, 3.05) is 19.5 Å². The molecule has 4 heteroatoms. The molecule has 1 aromatic carbocycles. The topological polar surface area (TPSA) is 35.2 Å². The van der Waals surface area contributed by atoms with Gasteiger partial charge in [-0.25, -0.2) is 0 Å². The van der Waals surface area contributed by atoms with Crippen LogP contribution in [0.2, 0.25) is 0 Å².